The van der Waals surface area contributed by atoms with Gasteiger partial charge in [0.15, 0.2) is 0 Å². The first-order valence-corrected chi connectivity index (χ1v) is 12.4. The van der Waals surface area contributed by atoms with Crippen molar-refractivity contribution < 1.29 is 9.18 Å². The Morgan fingerprint density at radius 3 is 2.46 bits per heavy atom. The summed E-state index contributed by atoms with van der Waals surface area (Å²) in [7, 11) is 0. The molecule has 4 aromatic rings. The lowest BCUT2D eigenvalue weighted by atomic mass is 9.80. The van der Waals surface area contributed by atoms with Crippen molar-refractivity contribution in [2.24, 2.45) is 0 Å². The lowest BCUT2D eigenvalue weighted by molar-refractivity contribution is 0.158. The van der Waals surface area contributed by atoms with Crippen LogP contribution < -0.4 is 5.32 Å². The third-order valence-corrected chi connectivity index (χ3v) is 7.12. The average Bonchev–Trinajstić information content (AvgIpc) is 2.89. The molecule has 1 aliphatic carbocycles. The standard InChI is InChI=1S/C29H27ClFN3O/c30-22-8-11-24(12-9-22)33-29(35)34(19-20-4-2-1-3-5-20)25-13-6-21(7-14-25)26-16-17-32-28-15-10-23(31)18-27(26)28/h1-5,8-12,15-18,21,25H,6-7,13-14,19H2,(H,33,35). The average molecular weight is 488 g/mol. The Labute approximate surface area is 209 Å². The van der Waals surface area contributed by atoms with Gasteiger partial charge in [0.05, 0.1) is 5.52 Å². The zero-order valence-corrected chi connectivity index (χ0v) is 20.1. The van der Waals surface area contributed by atoms with Crippen LogP contribution in [0.25, 0.3) is 10.9 Å². The van der Waals surface area contributed by atoms with Crippen LogP contribution in [0.15, 0.2) is 85.1 Å². The largest absolute Gasteiger partial charge is 0.322 e. The normalized spacial score (nSPS) is 17.8. The van der Waals surface area contributed by atoms with Gasteiger partial charge in [-0.3, -0.25) is 4.98 Å². The number of pyridine rings is 1. The van der Waals surface area contributed by atoms with Crippen molar-refractivity contribution in [2.75, 3.05) is 5.32 Å². The molecule has 1 heterocycles. The molecule has 6 heteroatoms. The summed E-state index contributed by atoms with van der Waals surface area (Å²) in [4.78, 5) is 19.7. The van der Waals surface area contributed by atoms with Crippen molar-refractivity contribution in [3.05, 3.63) is 107 Å². The van der Waals surface area contributed by atoms with Gasteiger partial charge in [-0.2, -0.15) is 0 Å². The fraction of sp³-hybridized carbons (Fsp3) is 0.241. The molecule has 3 aromatic carbocycles. The minimum atomic E-state index is -0.242. The monoisotopic (exact) mass is 487 g/mol. The van der Waals surface area contributed by atoms with E-state index in [0.29, 0.717) is 17.5 Å². The summed E-state index contributed by atoms with van der Waals surface area (Å²) >= 11 is 6.00. The van der Waals surface area contributed by atoms with Crippen molar-refractivity contribution in [1.82, 2.24) is 9.88 Å². The number of hydrogen-bond acceptors (Lipinski definition) is 2. The van der Waals surface area contributed by atoms with E-state index in [1.807, 2.05) is 59.6 Å². The van der Waals surface area contributed by atoms with Gasteiger partial charge in [0.2, 0.25) is 0 Å². The third-order valence-electron chi connectivity index (χ3n) is 6.87. The van der Waals surface area contributed by atoms with Gasteiger partial charge in [-0.25, -0.2) is 9.18 Å². The van der Waals surface area contributed by atoms with Crippen LogP contribution in [0.1, 0.15) is 42.7 Å². The Hall–Kier alpha value is -3.44. The maximum Gasteiger partial charge on any atom is 0.322 e. The second-order valence-corrected chi connectivity index (χ2v) is 9.55. The van der Waals surface area contributed by atoms with Gasteiger partial charge in [-0.15, -0.1) is 0 Å². The Balaban J connectivity index is 1.34. The van der Waals surface area contributed by atoms with E-state index < -0.39 is 0 Å². The van der Waals surface area contributed by atoms with Gasteiger partial charge in [-0.1, -0.05) is 41.9 Å². The molecule has 1 aliphatic rings. The predicted octanol–water partition coefficient (Wildman–Crippen LogP) is 7.79. The first-order chi connectivity index (χ1) is 17.1. The van der Waals surface area contributed by atoms with Crippen LogP contribution in [-0.4, -0.2) is 22.0 Å². The molecular weight excluding hydrogens is 461 g/mol. The maximum atomic E-state index is 14.0. The molecule has 0 radical (unpaired) electrons. The number of anilines is 1. The highest BCUT2D eigenvalue weighted by molar-refractivity contribution is 6.30. The Morgan fingerprint density at radius 2 is 1.71 bits per heavy atom. The predicted molar refractivity (Wildman–Crippen MR) is 139 cm³/mol. The van der Waals surface area contributed by atoms with Crippen molar-refractivity contribution in [3.63, 3.8) is 0 Å². The molecule has 0 saturated heterocycles. The molecule has 0 unspecified atom stereocenters. The van der Waals surface area contributed by atoms with E-state index in [4.69, 9.17) is 11.6 Å². The molecule has 0 aliphatic heterocycles. The number of halogens is 2. The van der Waals surface area contributed by atoms with Crippen molar-refractivity contribution in [2.45, 2.75) is 44.2 Å². The summed E-state index contributed by atoms with van der Waals surface area (Å²) in [5.41, 5.74) is 3.78. The van der Waals surface area contributed by atoms with Crippen LogP contribution >= 0.6 is 11.6 Å². The first kappa shape index (κ1) is 23.3. The van der Waals surface area contributed by atoms with Gasteiger partial charge in [0, 0.05) is 34.9 Å². The highest BCUT2D eigenvalue weighted by Gasteiger charge is 2.30. The van der Waals surface area contributed by atoms with E-state index in [2.05, 4.69) is 10.3 Å². The summed E-state index contributed by atoms with van der Waals surface area (Å²) < 4.78 is 14.0. The van der Waals surface area contributed by atoms with E-state index in [1.54, 1.807) is 24.3 Å². The number of rotatable bonds is 5. The van der Waals surface area contributed by atoms with Gasteiger partial charge < -0.3 is 10.2 Å². The molecule has 178 valence electrons. The summed E-state index contributed by atoms with van der Waals surface area (Å²) in [6.45, 7) is 0.541. The number of hydrogen-bond donors (Lipinski definition) is 1. The molecule has 5 rings (SSSR count). The second-order valence-electron chi connectivity index (χ2n) is 9.12. The Kier molecular flexibility index (Phi) is 6.96. The van der Waals surface area contributed by atoms with Crippen LogP contribution in [0.3, 0.4) is 0 Å². The number of carbonyl (C=O) groups excluding carboxylic acids is 1. The number of amides is 2. The molecule has 1 N–H and O–H groups in total. The number of nitrogens with zero attached hydrogens (tertiary/aromatic N) is 2. The number of aromatic nitrogens is 1. The quantitative estimate of drug-likeness (QED) is 0.312. The van der Waals surface area contributed by atoms with Crippen molar-refractivity contribution in [3.8, 4) is 0 Å². The smallest absolute Gasteiger partial charge is 0.317 e. The number of urea groups is 1. The zero-order chi connectivity index (χ0) is 24.2. The number of benzene rings is 3. The molecule has 2 amide bonds. The van der Waals surface area contributed by atoms with Crippen LogP contribution in [0.2, 0.25) is 5.02 Å². The lowest BCUT2D eigenvalue weighted by Gasteiger charge is -2.37. The van der Waals surface area contributed by atoms with Crippen LogP contribution in [0, 0.1) is 5.82 Å². The Bertz CT molecular complexity index is 1300. The van der Waals surface area contributed by atoms with E-state index >= 15 is 0 Å². The molecular formula is C29H27ClFN3O. The summed E-state index contributed by atoms with van der Waals surface area (Å²) in [5.74, 6) is 0.0739. The topological polar surface area (TPSA) is 45.2 Å². The number of nitrogens with one attached hydrogen (secondary N) is 1. The van der Waals surface area contributed by atoms with E-state index in [0.717, 1.165) is 53.4 Å². The van der Waals surface area contributed by atoms with E-state index in [1.165, 1.54) is 6.07 Å². The minimum Gasteiger partial charge on any atom is -0.317 e. The molecule has 0 spiro atoms. The highest BCUT2D eigenvalue weighted by Crippen LogP contribution is 2.38. The van der Waals surface area contributed by atoms with Crippen LogP contribution in [-0.2, 0) is 6.54 Å². The Morgan fingerprint density at radius 1 is 0.971 bits per heavy atom. The van der Waals surface area contributed by atoms with E-state index in [-0.39, 0.29) is 17.9 Å². The molecule has 35 heavy (non-hydrogen) atoms. The third kappa shape index (κ3) is 5.46. The lowest BCUT2D eigenvalue weighted by Crippen LogP contribution is -2.44. The fourth-order valence-electron chi connectivity index (χ4n) is 5.07. The fourth-order valence-corrected chi connectivity index (χ4v) is 5.20. The van der Waals surface area contributed by atoms with E-state index in [9.17, 15) is 9.18 Å². The van der Waals surface area contributed by atoms with Gasteiger partial charge in [0.25, 0.3) is 0 Å². The SMILES string of the molecule is O=C(Nc1ccc(Cl)cc1)N(Cc1ccccc1)C1CCC(c2ccnc3ccc(F)cc23)CC1. The zero-order valence-electron chi connectivity index (χ0n) is 19.3. The molecule has 1 saturated carbocycles. The van der Waals surface area contributed by atoms with Crippen LogP contribution in [0.5, 0.6) is 0 Å². The molecule has 1 aromatic heterocycles. The maximum absolute atomic E-state index is 14.0. The highest BCUT2D eigenvalue weighted by atomic mass is 35.5. The molecule has 1 fully saturated rings. The second kappa shape index (κ2) is 10.4. The molecule has 4 nitrogen and oxygen atoms in total. The summed E-state index contributed by atoms with van der Waals surface area (Å²) in [6.07, 6.45) is 5.43. The number of carbonyl (C=O) groups is 1. The van der Waals surface area contributed by atoms with Gasteiger partial charge in [-0.05, 0) is 91.3 Å². The van der Waals surface area contributed by atoms with Crippen LogP contribution in [0.4, 0.5) is 14.9 Å². The van der Waals surface area contributed by atoms with Gasteiger partial charge >= 0.3 is 6.03 Å². The molecule has 0 atom stereocenters. The van der Waals surface area contributed by atoms with Crippen molar-refractivity contribution in [1.29, 1.82) is 0 Å². The molecule has 0 bridgehead atoms. The first-order valence-electron chi connectivity index (χ1n) is 12.0. The summed E-state index contributed by atoms with van der Waals surface area (Å²) in [5, 5.41) is 4.56. The van der Waals surface area contributed by atoms with Gasteiger partial charge in [0.1, 0.15) is 5.82 Å². The minimum absolute atomic E-state index is 0.114. The number of fused-ring (bicyclic) bond motifs is 1. The summed E-state index contributed by atoms with van der Waals surface area (Å²) in [6, 6.07) is 24.0. The van der Waals surface area contributed by atoms with Crippen molar-refractivity contribution >= 4 is 34.2 Å².